The SMILES string of the molecule is Cc1ccc(N2C(=S)NC(c3ccccn3)C2c2cc(C)n(-c3cc(Cl)ccc3C)c2C)cc1. The number of thiocarbonyl (C=S) groups is 1. The number of halogens is 1. The molecule has 1 N–H and O–H groups in total. The second-order valence-electron chi connectivity index (χ2n) is 8.92. The van der Waals surface area contributed by atoms with Crippen molar-refractivity contribution in [3.05, 3.63) is 112 Å². The Balaban J connectivity index is 1.70. The molecule has 172 valence electrons. The molecule has 1 aliphatic rings. The first-order valence-electron chi connectivity index (χ1n) is 11.4. The van der Waals surface area contributed by atoms with Crippen molar-refractivity contribution in [3.8, 4) is 5.69 Å². The number of rotatable bonds is 4. The third-order valence-electron chi connectivity index (χ3n) is 6.61. The lowest BCUT2D eigenvalue weighted by molar-refractivity contribution is 0.565. The molecule has 1 aliphatic heterocycles. The first-order chi connectivity index (χ1) is 16.3. The summed E-state index contributed by atoms with van der Waals surface area (Å²) in [5.74, 6) is 0. The van der Waals surface area contributed by atoms with Crippen LogP contribution in [0.25, 0.3) is 5.69 Å². The van der Waals surface area contributed by atoms with Crippen molar-refractivity contribution in [2.75, 3.05) is 4.90 Å². The standard InChI is InChI=1S/C28H27ClN4S/c1-17-8-12-22(13-9-17)33-27(26(31-28(33)34)24-7-5-6-14-30-24)23-15-19(3)32(20(23)4)25-16-21(29)11-10-18(25)2/h5-16,26-27H,1-4H3,(H,31,34). The summed E-state index contributed by atoms with van der Waals surface area (Å²) in [5.41, 5.74) is 9.04. The zero-order valence-electron chi connectivity index (χ0n) is 19.7. The molecule has 0 radical (unpaired) electrons. The number of hydrogen-bond donors (Lipinski definition) is 1. The summed E-state index contributed by atoms with van der Waals surface area (Å²) >= 11 is 12.3. The van der Waals surface area contributed by atoms with Gasteiger partial charge in [0, 0.05) is 34.0 Å². The molecule has 0 saturated carbocycles. The highest BCUT2D eigenvalue weighted by Gasteiger charge is 2.42. The molecule has 2 aromatic carbocycles. The molecule has 3 heterocycles. The van der Waals surface area contributed by atoms with Gasteiger partial charge in [0.1, 0.15) is 0 Å². The number of pyridine rings is 1. The monoisotopic (exact) mass is 486 g/mol. The average Bonchev–Trinajstić information content (AvgIpc) is 3.32. The summed E-state index contributed by atoms with van der Waals surface area (Å²) in [6.45, 7) is 8.53. The summed E-state index contributed by atoms with van der Waals surface area (Å²) in [6.07, 6.45) is 1.84. The molecule has 6 heteroatoms. The van der Waals surface area contributed by atoms with E-state index < -0.39 is 0 Å². The minimum Gasteiger partial charge on any atom is -0.351 e. The second kappa shape index (κ2) is 8.90. The van der Waals surface area contributed by atoms with Gasteiger partial charge in [-0.15, -0.1) is 0 Å². The van der Waals surface area contributed by atoms with Crippen molar-refractivity contribution in [2.45, 2.75) is 39.8 Å². The molecular formula is C28H27ClN4S. The molecule has 2 unspecified atom stereocenters. The van der Waals surface area contributed by atoms with Gasteiger partial charge in [-0.25, -0.2) is 0 Å². The number of hydrogen-bond acceptors (Lipinski definition) is 2. The molecule has 2 atom stereocenters. The van der Waals surface area contributed by atoms with Crippen molar-refractivity contribution in [1.29, 1.82) is 0 Å². The number of nitrogens with one attached hydrogen (secondary N) is 1. The van der Waals surface area contributed by atoms with Crippen molar-refractivity contribution in [2.24, 2.45) is 0 Å². The first-order valence-corrected chi connectivity index (χ1v) is 12.2. The van der Waals surface area contributed by atoms with Gasteiger partial charge >= 0.3 is 0 Å². The highest BCUT2D eigenvalue weighted by Crippen LogP contribution is 2.44. The number of benzene rings is 2. The van der Waals surface area contributed by atoms with E-state index in [2.05, 4.69) is 89.9 Å². The van der Waals surface area contributed by atoms with Crippen LogP contribution < -0.4 is 10.2 Å². The van der Waals surface area contributed by atoms with E-state index in [1.807, 2.05) is 30.5 Å². The Bertz CT molecular complexity index is 1360. The average molecular weight is 487 g/mol. The Morgan fingerprint density at radius 3 is 2.41 bits per heavy atom. The van der Waals surface area contributed by atoms with Crippen LogP contribution in [0.3, 0.4) is 0 Å². The van der Waals surface area contributed by atoms with E-state index in [9.17, 15) is 0 Å². The fourth-order valence-electron chi connectivity index (χ4n) is 4.94. The van der Waals surface area contributed by atoms with E-state index >= 15 is 0 Å². The lowest BCUT2D eigenvalue weighted by Crippen LogP contribution is -2.29. The molecule has 1 fully saturated rings. The van der Waals surface area contributed by atoms with E-state index in [0.717, 1.165) is 33.5 Å². The van der Waals surface area contributed by atoms with Gasteiger partial charge in [-0.1, -0.05) is 41.4 Å². The second-order valence-corrected chi connectivity index (χ2v) is 9.75. The Kier molecular flexibility index (Phi) is 5.92. The van der Waals surface area contributed by atoms with Crippen LogP contribution in [-0.2, 0) is 0 Å². The highest BCUT2D eigenvalue weighted by molar-refractivity contribution is 7.80. The van der Waals surface area contributed by atoms with Gasteiger partial charge in [-0.05, 0) is 93.5 Å². The summed E-state index contributed by atoms with van der Waals surface area (Å²) in [4.78, 5) is 6.91. The number of aryl methyl sites for hydroxylation is 3. The molecule has 5 rings (SSSR count). The topological polar surface area (TPSA) is 33.1 Å². The molecule has 34 heavy (non-hydrogen) atoms. The third kappa shape index (κ3) is 3.89. The normalized spacial score (nSPS) is 17.8. The van der Waals surface area contributed by atoms with Crippen LogP contribution in [0.1, 0.15) is 45.9 Å². The summed E-state index contributed by atoms with van der Waals surface area (Å²) in [7, 11) is 0. The zero-order chi connectivity index (χ0) is 24.0. The fourth-order valence-corrected chi connectivity index (χ4v) is 5.45. The van der Waals surface area contributed by atoms with E-state index in [1.54, 1.807) is 0 Å². The maximum Gasteiger partial charge on any atom is 0.174 e. The maximum atomic E-state index is 6.39. The van der Waals surface area contributed by atoms with Gasteiger partial charge in [-0.3, -0.25) is 4.98 Å². The van der Waals surface area contributed by atoms with Crippen molar-refractivity contribution < 1.29 is 0 Å². The van der Waals surface area contributed by atoms with Crippen LogP contribution in [0.5, 0.6) is 0 Å². The molecular weight excluding hydrogens is 460 g/mol. The number of aromatic nitrogens is 2. The van der Waals surface area contributed by atoms with E-state index in [1.165, 1.54) is 16.7 Å². The lowest BCUT2D eigenvalue weighted by atomic mass is 9.96. The quantitative estimate of drug-likeness (QED) is 0.317. The van der Waals surface area contributed by atoms with Crippen molar-refractivity contribution >= 4 is 34.6 Å². The molecule has 2 aromatic heterocycles. The fraction of sp³-hybridized carbons (Fsp3) is 0.214. The molecule has 4 nitrogen and oxygen atoms in total. The summed E-state index contributed by atoms with van der Waals surface area (Å²) in [6, 6.07) is 22.7. The number of anilines is 1. The van der Waals surface area contributed by atoms with Gasteiger partial charge in [-0.2, -0.15) is 0 Å². The van der Waals surface area contributed by atoms with E-state index in [4.69, 9.17) is 23.8 Å². The van der Waals surface area contributed by atoms with Gasteiger partial charge in [0.2, 0.25) is 0 Å². The van der Waals surface area contributed by atoms with E-state index in [-0.39, 0.29) is 12.1 Å². The minimum absolute atomic E-state index is 0.0513. The van der Waals surface area contributed by atoms with Crippen LogP contribution in [0, 0.1) is 27.7 Å². The van der Waals surface area contributed by atoms with Gasteiger partial charge in [0.15, 0.2) is 5.11 Å². The van der Waals surface area contributed by atoms with Crippen LogP contribution in [0.2, 0.25) is 5.02 Å². The number of nitrogens with zero attached hydrogens (tertiary/aromatic N) is 3. The Morgan fingerprint density at radius 2 is 1.71 bits per heavy atom. The van der Waals surface area contributed by atoms with Gasteiger partial charge in [0.05, 0.1) is 17.8 Å². The van der Waals surface area contributed by atoms with Crippen LogP contribution >= 0.6 is 23.8 Å². The molecule has 0 amide bonds. The minimum atomic E-state index is -0.0792. The smallest absolute Gasteiger partial charge is 0.174 e. The zero-order valence-corrected chi connectivity index (χ0v) is 21.3. The van der Waals surface area contributed by atoms with Crippen LogP contribution in [0.15, 0.2) is 72.9 Å². The maximum absolute atomic E-state index is 6.39. The third-order valence-corrected chi connectivity index (χ3v) is 7.16. The largest absolute Gasteiger partial charge is 0.351 e. The van der Waals surface area contributed by atoms with Gasteiger partial charge < -0.3 is 14.8 Å². The Morgan fingerprint density at radius 1 is 0.941 bits per heavy atom. The molecule has 0 bridgehead atoms. The first kappa shape index (κ1) is 22.6. The summed E-state index contributed by atoms with van der Waals surface area (Å²) in [5, 5.41) is 4.99. The van der Waals surface area contributed by atoms with E-state index in [0.29, 0.717) is 5.11 Å². The molecule has 1 saturated heterocycles. The van der Waals surface area contributed by atoms with Crippen molar-refractivity contribution in [3.63, 3.8) is 0 Å². The Labute approximate surface area is 211 Å². The molecule has 4 aromatic rings. The Hall–Kier alpha value is -3.15. The van der Waals surface area contributed by atoms with Gasteiger partial charge in [0.25, 0.3) is 0 Å². The van der Waals surface area contributed by atoms with Crippen LogP contribution in [0.4, 0.5) is 5.69 Å². The predicted molar refractivity (Wildman–Crippen MR) is 144 cm³/mol. The highest BCUT2D eigenvalue weighted by atomic mass is 35.5. The molecule has 0 aliphatic carbocycles. The van der Waals surface area contributed by atoms with Crippen LogP contribution in [-0.4, -0.2) is 14.7 Å². The summed E-state index contributed by atoms with van der Waals surface area (Å²) < 4.78 is 2.29. The van der Waals surface area contributed by atoms with Crippen molar-refractivity contribution in [1.82, 2.24) is 14.9 Å². The predicted octanol–water partition coefficient (Wildman–Crippen LogP) is 6.94. The molecule has 0 spiro atoms. The lowest BCUT2D eigenvalue weighted by Gasteiger charge is -2.28.